The SMILES string of the molecule is NCc1cncc(-c2cnc3n[nH]c(-c4cc5c(-c6cccs6)cccc5[nH]4)c3c2)c1. The first-order chi connectivity index (χ1) is 15.3. The number of aromatic amines is 2. The van der Waals surface area contributed by atoms with Gasteiger partial charge in [0.05, 0.1) is 11.4 Å². The summed E-state index contributed by atoms with van der Waals surface area (Å²) in [6, 6.07) is 16.9. The number of nitrogens with two attached hydrogens (primary N) is 1. The van der Waals surface area contributed by atoms with Gasteiger partial charge in [-0.15, -0.1) is 11.3 Å². The third-order valence-electron chi connectivity index (χ3n) is 5.49. The zero-order valence-electron chi connectivity index (χ0n) is 16.5. The van der Waals surface area contributed by atoms with Crippen molar-refractivity contribution in [1.29, 1.82) is 0 Å². The van der Waals surface area contributed by atoms with Gasteiger partial charge in [-0.05, 0) is 41.3 Å². The minimum Gasteiger partial charge on any atom is -0.353 e. The summed E-state index contributed by atoms with van der Waals surface area (Å²) in [5.74, 6) is 0. The highest BCUT2D eigenvalue weighted by atomic mass is 32.1. The zero-order chi connectivity index (χ0) is 20.8. The molecule has 6 aromatic rings. The number of rotatable bonds is 4. The normalized spacial score (nSPS) is 11.5. The molecular weight excluding hydrogens is 404 g/mol. The number of fused-ring (bicyclic) bond motifs is 2. The second-order valence-electron chi connectivity index (χ2n) is 7.41. The van der Waals surface area contributed by atoms with Crippen molar-refractivity contribution in [3.8, 4) is 33.0 Å². The average molecular weight is 423 g/mol. The minimum atomic E-state index is 0.453. The third kappa shape index (κ3) is 3.02. The zero-order valence-corrected chi connectivity index (χ0v) is 17.3. The van der Waals surface area contributed by atoms with E-state index >= 15 is 0 Å². The van der Waals surface area contributed by atoms with Crippen LogP contribution in [0.1, 0.15) is 5.56 Å². The second-order valence-corrected chi connectivity index (χ2v) is 8.35. The van der Waals surface area contributed by atoms with E-state index in [1.54, 1.807) is 17.5 Å². The van der Waals surface area contributed by atoms with Crippen LogP contribution in [0, 0.1) is 0 Å². The van der Waals surface area contributed by atoms with Gasteiger partial charge >= 0.3 is 0 Å². The van der Waals surface area contributed by atoms with Crippen molar-refractivity contribution in [2.75, 3.05) is 0 Å². The number of hydrogen-bond acceptors (Lipinski definition) is 5. The summed E-state index contributed by atoms with van der Waals surface area (Å²) in [7, 11) is 0. The summed E-state index contributed by atoms with van der Waals surface area (Å²) in [5.41, 5.74) is 13.6. The number of thiophene rings is 1. The molecule has 7 heteroatoms. The molecule has 0 bridgehead atoms. The van der Waals surface area contributed by atoms with Gasteiger partial charge in [-0.1, -0.05) is 18.2 Å². The standard InChI is InChI=1S/C24H18N6S/c25-10-14-7-15(12-26-11-14)16-8-19-23(29-30-24(19)27-13-16)21-9-18-17(22-5-2-6-31-22)3-1-4-20(18)28-21/h1-9,11-13,28H,10,25H2,(H,27,29,30). The molecule has 4 N–H and O–H groups in total. The molecule has 0 saturated heterocycles. The Morgan fingerprint density at radius 2 is 1.87 bits per heavy atom. The molecule has 0 amide bonds. The molecule has 0 radical (unpaired) electrons. The van der Waals surface area contributed by atoms with E-state index in [9.17, 15) is 0 Å². The first-order valence-electron chi connectivity index (χ1n) is 9.94. The summed E-state index contributed by atoms with van der Waals surface area (Å²) in [5, 5.41) is 11.8. The molecule has 0 aliphatic heterocycles. The summed E-state index contributed by atoms with van der Waals surface area (Å²) in [6.07, 6.45) is 5.44. The molecule has 0 aliphatic carbocycles. The topological polar surface area (TPSA) is 96.3 Å². The highest BCUT2D eigenvalue weighted by Gasteiger charge is 2.15. The molecule has 31 heavy (non-hydrogen) atoms. The minimum absolute atomic E-state index is 0.453. The molecule has 150 valence electrons. The van der Waals surface area contributed by atoms with Crippen molar-refractivity contribution in [2.45, 2.75) is 6.54 Å². The van der Waals surface area contributed by atoms with Crippen LogP contribution >= 0.6 is 11.3 Å². The van der Waals surface area contributed by atoms with Crippen molar-refractivity contribution in [2.24, 2.45) is 5.73 Å². The van der Waals surface area contributed by atoms with Gasteiger partial charge in [0.25, 0.3) is 0 Å². The first-order valence-corrected chi connectivity index (χ1v) is 10.8. The molecule has 5 aromatic heterocycles. The van der Waals surface area contributed by atoms with E-state index in [2.05, 4.69) is 73.0 Å². The van der Waals surface area contributed by atoms with E-state index in [4.69, 9.17) is 5.73 Å². The Labute approximate surface area is 181 Å². The molecular formula is C24H18N6S. The van der Waals surface area contributed by atoms with E-state index in [0.717, 1.165) is 39.0 Å². The van der Waals surface area contributed by atoms with Crippen LogP contribution in [0.3, 0.4) is 0 Å². The number of H-pyrrole nitrogens is 2. The molecule has 0 spiro atoms. The van der Waals surface area contributed by atoms with E-state index in [-0.39, 0.29) is 0 Å². The van der Waals surface area contributed by atoms with Crippen LogP contribution in [0.5, 0.6) is 0 Å². The lowest BCUT2D eigenvalue weighted by Gasteiger charge is -2.03. The Kier molecular flexibility index (Phi) is 4.15. The van der Waals surface area contributed by atoms with Crippen LogP contribution in [0.15, 0.2) is 72.5 Å². The van der Waals surface area contributed by atoms with Crippen LogP contribution in [0.25, 0.3) is 54.9 Å². The van der Waals surface area contributed by atoms with E-state index in [1.165, 1.54) is 15.8 Å². The van der Waals surface area contributed by atoms with Gasteiger partial charge < -0.3 is 10.7 Å². The third-order valence-corrected chi connectivity index (χ3v) is 6.40. The molecule has 5 heterocycles. The summed E-state index contributed by atoms with van der Waals surface area (Å²) < 4.78 is 0. The van der Waals surface area contributed by atoms with Gasteiger partial charge in [-0.2, -0.15) is 5.10 Å². The number of pyridine rings is 2. The number of nitrogens with one attached hydrogen (secondary N) is 2. The van der Waals surface area contributed by atoms with E-state index in [0.29, 0.717) is 12.2 Å². The molecule has 6 rings (SSSR count). The molecule has 0 atom stereocenters. The van der Waals surface area contributed by atoms with Crippen LogP contribution in [-0.2, 0) is 6.54 Å². The molecule has 0 unspecified atom stereocenters. The first kappa shape index (κ1) is 18.0. The molecule has 0 fully saturated rings. The van der Waals surface area contributed by atoms with Crippen molar-refractivity contribution in [3.05, 3.63) is 78.1 Å². The maximum Gasteiger partial charge on any atom is 0.181 e. The van der Waals surface area contributed by atoms with Gasteiger partial charge in [0.2, 0.25) is 0 Å². The summed E-state index contributed by atoms with van der Waals surface area (Å²) in [4.78, 5) is 13.7. The summed E-state index contributed by atoms with van der Waals surface area (Å²) in [6.45, 7) is 0.453. The maximum atomic E-state index is 5.78. The van der Waals surface area contributed by atoms with Crippen LogP contribution in [0.2, 0.25) is 0 Å². The van der Waals surface area contributed by atoms with Crippen molar-refractivity contribution >= 4 is 33.3 Å². The van der Waals surface area contributed by atoms with Crippen LogP contribution in [0.4, 0.5) is 0 Å². The fourth-order valence-corrected chi connectivity index (χ4v) is 4.72. The predicted octanol–water partition coefficient (Wildman–Crippen LogP) is 5.36. The predicted molar refractivity (Wildman–Crippen MR) is 126 cm³/mol. The Morgan fingerprint density at radius 3 is 2.74 bits per heavy atom. The van der Waals surface area contributed by atoms with Crippen molar-refractivity contribution in [3.63, 3.8) is 0 Å². The maximum absolute atomic E-state index is 5.78. The summed E-state index contributed by atoms with van der Waals surface area (Å²) >= 11 is 1.74. The lowest BCUT2D eigenvalue weighted by atomic mass is 10.1. The fraction of sp³-hybridized carbons (Fsp3) is 0.0417. The largest absolute Gasteiger partial charge is 0.353 e. The monoisotopic (exact) mass is 422 g/mol. The van der Waals surface area contributed by atoms with E-state index in [1.807, 2.05) is 18.5 Å². The Morgan fingerprint density at radius 1 is 0.935 bits per heavy atom. The van der Waals surface area contributed by atoms with Crippen molar-refractivity contribution < 1.29 is 0 Å². The lowest BCUT2D eigenvalue weighted by Crippen LogP contribution is -1.97. The van der Waals surface area contributed by atoms with Gasteiger partial charge in [0, 0.05) is 63.0 Å². The molecule has 1 aromatic carbocycles. The molecule has 0 saturated carbocycles. The van der Waals surface area contributed by atoms with Gasteiger partial charge in [-0.25, -0.2) is 4.98 Å². The lowest BCUT2D eigenvalue weighted by molar-refractivity contribution is 1.05. The number of aromatic nitrogens is 5. The highest BCUT2D eigenvalue weighted by Crippen LogP contribution is 2.36. The number of benzene rings is 1. The Bertz CT molecular complexity index is 1530. The number of nitrogens with zero attached hydrogens (tertiary/aromatic N) is 3. The Balaban J connectivity index is 1.50. The van der Waals surface area contributed by atoms with Crippen LogP contribution in [-0.4, -0.2) is 25.1 Å². The fourth-order valence-electron chi connectivity index (χ4n) is 3.96. The van der Waals surface area contributed by atoms with E-state index < -0.39 is 0 Å². The molecule has 0 aliphatic rings. The number of hydrogen-bond donors (Lipinski definition) is 3. The van der Waals surface area contributed by atoms with Gasteiger partial charge in [0.15, 0.2) is 5.65 Å². The average Bonchev–Trinajstić information content (AvgIpc) is 3.57. The van der Waals surface area contributed by atoms with Gasteiger partial charge in [-0.3, -0.25) is 10.1 Å². The molecule has 6 nitrogen and oxygen atoms in total. The second kappa shape index (κ2) is 7.16. The smallest absolute Gasteiger partial charge is 0.181 e. The Hall–Kier alpha value is -3.81. The van der Waals surface area contributed by atoms with Gasteiger partial charge in [0.1, 0.15) is 0 Å². The highest BCUT2D eigenvalue weighted by molar-refractivity contribution is 7.13. The van der Waals surface area contributed by atoms with Crippen LogP contribution < -0.4 is 5.73 Å². The van der Waals surface area contributed by atoms with Crippen molar-refractivity contribution in [1.82, 2.24) is 25.1 Å². The quantitative estimate of drug-likeness (QED) is 0.356.